The molecule has 34 heavy (non-hydrogen) atoms. The summed E-state index contributed by atoms with van der Waals surface area (Å²) in [5.74, 6) is -8.61. The Hall–Kier alpha value is -2.88. The van der Waals surface area contributed by atoms with Gasteiger partial charge < -0.3 is 31.3 Å². The lowest BCUT2D eigenvalue weighted by Crippen LogP contribution is -2.63. The van der Waals surface area contributed by atoms with Gasteiger partial charge in [-0.3, -0.25) is 14.4 Å². The van der Waals surface area contributed by atoms with Gasteiger partial charge in [-0.25, -0.2) is 0 Å². The van der Waals surface area contributed by atoms with Gasteiger partial charge in [-0.2, -0.15) is 0 Å². The number of aliphatic hydroxyl groups excluding tert-OH is 3. The highest BCUT2D eigenvalue weighted by molar-refractivity contribution is 6.23. The van der Waals surface area contributed by atoms with Crippen molar-refractivity contribution in [2.45, 2.75) is 50.2 Å². The Morgan fingerprint density at radius 3 is 2.41 bits per heavy atom. The lowest BCUT2D eigenvalue weighted by Gasteiger charge is -2.50. The molecule has 1 amide bonds. The number of nitrogens with two attached hydrogens (primary N) is 1. The van der Waals surface area contributed by atoms with Gasteiger partial charge >= 0.3 is 0 Å². The van der Waals surface area contributed by atoms with Crippen LogP contribution in [0, 0.1) is 11.8 Å². The maximum absolute atomic E-state index is 13.6. The van der Waals surface area contributed by atoms with E-state index in [9.17, 15) is 39.9 Å². The number of primary amides is 1. The van der Waals surface area contributed by atoms with Gasteiger partial charge in [-0.05, 0) is 11.5 Å². The molecule has 3 aliphatic carbocycles. The molecule has 0 heterocycles. The minimum atomic E-state index is -2.85. The van der Waals surface area contributed by atoms with Gasteiger partial charge in [0.1, 0.15) is 22.8 Å². The predicted molar refractivity (Wildman–Crippen MR) is 121 cm³/mol. The van der Waals surface area contributed by atoms with Crippen LogP contribution in [0.2, 0.25) is 0 Å². The highest BCUT2D eigenvalue weighted by Gasteiger charge is 2.64. The minimum absolute atomic E-state index is 0.0393. The second kappa shape index (κ2) is 7.56. The zero-order valence-electron chi connectivity index (χ0n) is 18.8. The van der Waals surface area contributed by atoms with Gasteiger partial charge in [0.05, 0.1) is 11.7 Å². The Kier molecular flexibility index (Phi) is 5.39. The van der Waals surface area contributed by atoms with Crippen molar-refractivity contribution in [1.82, 2.24) is 0 Å². The molecule has 0 unspecified atom stereocenters. The second-order valence-corrected chi connectivity index (χ2v) is 10.2. The van der Waals surface area contributed by atoms with E-state index < -0.39 is 81.4 Å². The summed E-state index contributed by atoms with van der Waals surface area (Å²) in [7, 11) is 0. The molecule has 0 saturated heterocycles. The molecule has 10 heteroatoms. The van der Waals surface area contributed by atoms with Crippen LogP contribution in [0.1, 0.15) is 49.8 Å². The zero-order valence-corrected chi connectivity index (χ0v) is 19.6. The molecule has 0 bridgehead atoms. The number of aromatic hydroxyl groups is 1. The van der Waals surface area contributed by atoms with E-state index in [1.54, 1.807) is 32.9 Å². The number of fused-ring (bicyclic) bond motifs is 3. The number of hydrogen-bond donors (Lipinski definition) is 6. The smallest absolute Gasteiger partial charge is 0.255 e. The van der Waals surface area contributed by atoms with E-state index in [0.29, 0.717) is 11.1 Å². The summed E-state index contributed by atoms with van der Waals surface area (Å²) in [4.78, 5) is 37.8. The van der Waals surface area contributed by atoms with Crippen molar-refractivity contribution in [3.63, 3.8) is 0 Å². The molecule has 9 nitrogen and oxygen atoms in total. The molecule has 0 radical (unpaired) electrons. The first-order valence-corrected chi connectivity index (χ1v) is 11.3. The lowest BCUT2D eigenvalue weighted by molar-refractivity contribution is -0.160. The van der Waals surface area contributed by atoms with E-state index >= 15 is 0 Å². The molecule has 4 rings (SSSR count). The Bertz CT molecular complexity index is 1220. The third kappa shape index (κ3) is 2.90. The first kappa shape index (κ1) is 24.3. The fourth-order valence-corrected chi connectivity index (χ4v) is 5.76. The number of phenolic OH excluding ortho intramolecular Hbond substituents is 1. The summed E-state index contributed by atoms with van der Waals surface area (Å²) in [6.07, 6.45) is -2.16. The summed E-state index contributed by atoms with van der Waals surface area (Å²) in [5.41, 5.74) is 1.14. The summed E-state index contributed by atoms with van der Waals surface area (Å²) in [5, 5.41) is 55.4. The number of carbonyl (C=O) groups excluding carboxylic acids is 3. The van der Waals surface area contributed by atoms with Crippen molar-refractivity contribution in [2.75, 3.05) is 5.88 Å². The normalized spacial score (nSPS) is 31.2. The van der Waals surface area contributed by atoms with E-state index in [1.165, 1.54) is 0 Å². The van der Waals surface area contributed by atoms with Gasteiger partial charge in [0, 0.05) is 40.7 Å². The second-order valence-electron chi connectivity index (χ2n) is 9.93. The number of carbonyl (C=O) groups is 3. The Labute approximate surface area is 200 Å². The Morgan fingerprint density at radius 2 is 1.85 bits per heavy atom. The van der Waals surface area contributed by atoms with Crippen LogP contribution in [0.15, 0.2) is 29.0 Å². The van der Waals surface area contributed by atoms with E-state index in [1.807, 2.05) is 0 Å². The molecule has 7 N–H and O–H groups in total. The maximum Gasteiger partial charge on any atom is 0.255 e. The highest BCUT2D eigenvalue weighted by atomic mass is 35.5. The van der Waals surface area contributed by atoms with Crippen LogP contribution < -0.4 is 5.73 Å². The fourth-order valence-electron chi connectivity index (χ4n) is 5.62. The number of amides is 1. The topological polar surface area (TPSA) is 178 Å². The number of aliphatic hydroxyl groups is 4. The predicted octanol–water partition coefficient (Wildman–Crippen LogP) is 1.47. The van der Waals surface area contributed by atoms with E-state index in [2.05, 4.69) is 0 Å². The standard InChI is InChI=1S/C24H26ClNO8/c1-8-9-4-5-10(23(2,3)7-25)17(28)14(9)19(30)16-13(8)18(29)11-6-12(27)15(22(26)33)20(31)24(11,34)21(16)32/h4-5,8,11,13,18,28-31,34H,6-7H2,1-3H3,(H2,26,33)/t8-,11+,13+,18+,24+/m0/s1. The van der Waals surface area contributed by atoms with Crippen LogP contribution in [0.25, 0.3) is 5.76 Å². The van der Waals surface area contributed by atoms with Crippen LogP contribution >= 0.6 is 11.6 Å². The van der Waals surface area contributed by atoms with Gasteiger partial charge in [0.15, 0.2) is 11.4 Å². The highest BCUT2D eigenvalue weighted by Crippen LogP contribution is 2.56. The number of phenols is 1. The SMILES string of the molecule is C[C@H]1c2ccc(C(C)(C)CCl)c(O)c2C(O)=C2C(=O)[C@]3(O)C(O)=C(C(N)=O)C(=O)C[C@@H]3[C@@H](O)[C@@H]21. The molecule has 1 aromatic rings. The summed E-state index contributed by atoms with van der Waals surface area (Å²) >= 11 is 6.06. The Balaban J connectivity index is 2.01. The van der Waals surface area contributed by atoms with Crippen LogP contribution in [-0.2, 0) is 19.8 Å². The quantitative estimate of drug-likeness (QED) is 0.271. The number of hydrogen-bond acceptors (Lipinski definition) is 8. The number of alkyl halides is 1. The molecule has 5 atom stereocenters. The van der Waals surface area contributed by atoms with Gasteiger partial charge in [0.2, 0.25) is 5.78 Å². The fraction of sp³-hybridized carbons (Fsp3) is 0.458. The van der Waals surface area contributed by atoms with Gasteiger partial charge in [-0.1, -0.05) is 32.9 Å². The van der Waals surface area contributed by atoms with Gasteiger partial charge in [0.25, 0.3) is 5.91 Å². The third-order valence-electron chi connectivity index (χ3n) is 7.56. The van der Waals surface area contributed by atoms with Crippen molar-refractivity contribution < 1.29 is 39.9 Å². The number of benzene rings is 1. The molecule has 1 fully saturated rings. The molecule has 1 saturated carbocycles. The number of rotatable bonds is 3. The van der Waals surface area contributed by atoms with E-state index in [0.717, 1.165) is 0 Å². The van der Waals surface area contributed by atoms with Crippen molar-refractivity contribution >= 4 is 34.8 Å². The number of ketones is 2. The third-order valence-corrected chi connectivity index (χ3v) is 8.23. The minimum Gasteiger partial charge on any atom is -0.508 e. The summed E-state index contributed by atoms with van der Waals surface area (Å²) in [6, 6.07) is 3.33. The monoisotopic (exact) mass is 491 g/mol. The van der Waals surface area contributed by atoms with E-state index in [-0.39, 0.29) is 17.2 Å². The van der Waals surface area contributed by atoms with Crippen LogP contribution in [0.3, 0.4) is 0 Å². The maximum atomic E-state index is 13.6. The molecule has 0 aliphatic heterocycles. The first-order chi connectivity index (χ1) is 15.7. The largest absolute Gasteiger partial charge is 0.508 e. The molecule has 3 aliphatic rings. The molecule has 0 aromatic heterocycles. The molecule has 0 spiro atoms. The molecule has 1 aromatic carbocycles. The number of Topliss-reactive ketones (excluding diaryl/α,β-unsaturated/α-hetero) is 2. The van der Waals surface area contributed by atoms with Crippen molar-refractivity contribution in [3.05, 3.63) is 45.7 Å². The van der Waals surface area contributed by atoms with Crippen LogP contribution in [-0.4, -0.2) is 60.6 Å². The number of halogens is 1. The summed E-state index contributed by atoms with van der Waals surface area (Å²) < 4.78 is 0. The summed E-state index contributed by atoms with van der Waals surface area (Å²) in [6.45, 7) is 5.26. The lowest BCUT2D eigenvalue weighted by atomic mass is 9.55. The first-order valence-electron chi connectivity index (χ1n) is 10.8. The molecule has 182 valence electrons. The average molecular weight is 492 g/mol. The van der Waals surface area contributed by atoms with E-state index in [4.69, 9.17) is 17.3 Å². The zero-order chi connectivity index (χ0) is 25.5. The van der Waals surface area contributed by atoms with Crippen LogP contribution in [0.5, 0.6) is 5.75 Å². The molecular formula is C24H26ClNO8. The van der Waals surface area contributed by atoms with Gasteiger partial charge in [-0.15, -0.1) is 11.6 Å². The van der Waals surface area contributed by atoms with Crippen molar-refractivity contribution in [2.24, 2.45) is 17.6 Å². The Morgan fingerprint density at radius 1 is 1.24 bits per heavy atom. The van der Waals surface area contributed by atoms with Crippen LogP contribution in [0.4, 0.5) is 0 Å². The van der Waals surface area contributed by atoms with Crippen molar-refractivity contribution in [3.8, 4) is 5.75 Å². The average Bonchev–Trinajstić information content (AvgIpc) is 2.76. The molecular weight excluding hydrogens is 466 g/mol. The van der Waals surface area contributed by atoms with Crippen molar-refractivity contribution in [1.29, 1.82) is 0 Å².